The second-order valence-corrected chi connectivity index (χ2v) is 4.90. The summed E-state index contributed by atoms with van der Waals surface area (Å²) in [6, 6.07) is 11.8. The van der Waals surface area contributed by atoms with Crippen molar-refractivity contribution >= 4 is 10.9 Å². The molecule has 100 valence electrons. The summed E-state index contributed by atoms with van der Waals surface area (Å²) in [5.41, 5.74) is 1.44. The van der Waals surface area contributed by atoms with Gasteiger partial charge in [-0.1, -0.05) is 18.2 Å². The molecule has 0 saturated carbocycles. The average Bonchev–Trinajstić information content (AvgIpc) is 2.76. The van der Waals surface area contributed by atoms with Crippen LogP contribution < -0.4 is 5.56 Å². The molecule has 0 fully saturated rings. The van der Waals surface area contributed by atoms with Crippen molar-refractivity contribution in [3.63, 3.8) is 0 Å². The number of hydrogen-bond acceptors (Lipinski definition) is 2. The summed E-state index contributed by atoms with van der Waals surface area (Å²) in [6.45, 7) is 0. The van der Waals surface area contributed by atoms with Gasteiger partial charge in [-0.2, -0.15) is 0 Å². The number of para-hydroxylation sites is 1. The minimum absolute atomic E-state index is 0.0955. The third-order valence-corrected chi connectivity index (χ3v) is 3.78. The van der Waals surface area contributed by atoms with E-state index in [2.05, 4.69) is 0 Å². The first kappa shape index (κ1) is 11.4. The van der Waals surface area contributed by atoms with Crippen LogP contribution in [0.15, 0.2) is 47.3 Å². The van der Waals surface area contributed by atoms with Gasteiger partial charge >= 0.3 is 0 Å². The predicted octanol–water partition coefficient (Wildman–Crippen LogP) is 1.98. The summed E-state index contributed by atoms with van der Waals surface area (Å²) in [5.74, 6) is -0.363. The molecule has 0 amide bonds. The lowest BCUT2D eigenvalue weighted by Crippen LogP contribution is -2.32. The zero-order valence-electron chi connectivity index (χ0n) is 10.5. The molecule has 0 saturated heterocycles. The Kier molecular flexibility index (Phi) is 2.17. The Balaban J connectivity index is 2.22. The number of halogens is 1. The molecular weight excluding hydrogens is 259 g/mol. The molecule has 3 aromatic rings. The van der Waals surface area contributed by atoms with E-state index in [-0.39, 0.29) is 17.8 Å². The van der Waals surface area contributed by atoms with E-state index in [1.807, 2.05) is 6.07 Å². The van der Waals surface area contributed by atoms with Crippen molar-refractivity contribution in [3.05, 3.63) is 64.2 Å². The molecule has 4 rings (SSSR count). The molecule has 2 aromatic carbocycles. The van der Waals surface area contributed by atoms with E-state index in [1.54, 1.807) is 35.0 Å². The number of aromatic nitrogens is 2. The van der Waals surface area contributed by atoms with Crippen molar-refractivity contribution in [2.45, 2.75) is 12.6 Å². The van der Waals surface area contributed by atoms with E-state index in [4.69, 9.17) is 0 Å². The van der Waals surface area contributed by atoms with Gasteiger partial charge in [0.05, 0.1) is 16.6 Å². The van der Waals surface area contributed by atoms with Crippen LogP contribution in [0.1, 0.15) is 11.8 Å². The summed E-state index contributed by atoms with van der Waals surface area (Å²) >= 11 is 0. The minimum atomic E-state index is -1.06. The fraction of sp³-hybridized carbons (Fsp3) is 0.133. The highest BCUT2D eigenvalue weighted by Crippen LogP contribution is 2.30. The topological polar surface area (TPSA) is 47.2 Å². The van der Waals surface area contributed by atoms with E-state index in [0.29, 0.717) is 22.2 Å². The first-order valence-electron chi connectivity index (χ1n) is 6.36. The maximum atomic E-state index is 13.9. The number of hydrogen-bond donors (Lipinski definition) is 1. The lowest BCUT2D eigenvalue weighted by molar-refractivity contribution is 0.0737. The van der Waals surface area contributed by atoms with Gasteiger partial charge in [0, 0.05) is 12.0 Å². The molecule has 1 aliphatic heterocycles. The predicted molar refractivity (Wildman–Crippen MR) is 72.5 cm³/mol. The highest BCUT2D eigenvalue weighted by molar-refractivity contribution is 5.80. The average molecular weight is 270 g/mol. The molecule has 1 aliphatic rings. The van der Waals surface area contributed by atoms with Gasteiger partial charge < -0.3 is 5.11 Å². The lowest BCUT2D eigenvalue weighted by Gasteiger charge is -2.26. The largest absolute Gasteiger partial charge is 0.371 e. The zero-order valence-corrected chi connectivity index (χ0v) is 10.5. The second kappa shape index (κ2) is 3.80. The number of rotatable bonds is 0. The third kappa shape index (κ3) is 1.30. The van der Waals surface area contributed by atoms with Gasteiger partial charge in [0.15, 0.2) is 6.23 Å². The molecule has 0 spiro atoms. The SMILES string of the molecule is O=c1c2ccccc2n2n1C(O)Cc1c(F)cccc1-2. The summed E-state index contributed by atoms with van der Waals surface area (Å²) in [5, 5.41) is 10.7. The molecule has 4 nitrogen and oxygen atoms in total. The Labute approximate surface area is 113 Å². The Bertz CT molecular complexity index is 895. The minimum Gasteiger partial charge on any atom is -0.371 e. The molecule has 1 atom stereocenters. The number of fused-ring (bicyclic) bond motifs is 5. The summed E-state index contributed by atoms with van der Waals surface area (Å²) in [6.07, 6.45) is -0.961. The Morgan fingerprint density at radius 1 is 1.15 bits per heavy atom. The van der Waals surface area contributed by atoms with E-state index in [1.165, 1.54) is 10.7 Å². The van der Waals surface area contributed by atoms with E-state index in [9.17, 15) is 14.3 Å². The molecule has 1 aromatic heterocycles. The van der Waals surface area contributed by atoms with Crippen molar-refractivity contribution in [2.75, 3.05) is 0 Å². The monoisotopic (exact) mass is 270 g/mol. The fourth-order valence-electron chi connectivity index (χ4n) is 2.90. The van der Waals surface area contributed by atoms with Crippen LogP contribution >= 0.6 is 0 Å². The molecular formula is C15H11FN2O2. The van der Waals surface area contributed by atoms with E-state index >= 15 is 0 Å². The van der Waals surface area contributed by atoms with Crippen LogP contribution in [0.25, 0.3) is 16.6 Å². The Morgan fingerprint density at radius 3 is 2.80 bits per heavy atom. The van der Waals surface area contributed by atoms with Crippen molar-refractivity contribution in [1.29, 1.82) is 0 Å². The summed E-state index contributed by atoms with van der Waals surface area (Å²) in [4.78, 5) is 12.4. The Hall–Kier alpha value is -2.40. The molecule has 1 unspecified atom stereocenters. The van der Waals surface area contributed by atoms with Crippen LogP contribution in [0.2, 0.25) is 0 Å². The smallest absolute Gasteiger partial charge is 0.277 e. The number of aliphatic hydroxyl groups excluding tert-OH is 1. The molecule has 1 N–H and O–H groups in total. The first-order chi connectivity index (χ1) is 9.68. The fourth-order valence-corrected chi connectivity index (χ4v) is 2.90. The van der Waals surface area contributed by atoms with Gasteiger partial charge in [-0.25, -0.2) is 13.8 Å². The molecule has 0 radical (unpaired) electrons. The quantitative estimate of drug-likeness (QED) is 0.679. The van der Waals surface area contributed by atoms with Gasteiger partial charge in [0.25, 0.3) is 5.56 Å². The van der Waals surface area contributed by atoms with Gasteiger partial charge in [-0.15, -0.1) is 0 Å². The number of aliphatic hydroxyl groups is 1. The maximum absolute atomic E-state index is 13.9. The molecule has 20 heavy (non-hydrogen) atoms. The lowest BCUT2D eigenvalue weighted by atomic mass is 10.1. The highest BCUT2D eigenvalue weighted by atomic mass is 19.1. The van der Waals surface area contributed by atoms with Gasteiger partial charge in [0.2, 0.25) is 0 Å². The van der Waals surface area contributed by atoms with E-state index < -0.39 is 6.23 Å². The first-order valence-corrected chi connectivity index (χ1v) is 6.36. The number of nitrogens with zero attached hydrogens (tertiary/aromatic N) is 2. The third-order valence-electron chi connectivity index (χ3n) is 3.78. The number of benzene rings is 2. The summed E-state index contributed by atoms with van der Waals surface area (Å²) < 4.78 is 16.8. The van der Waals surface area contributed by atoms with Gasteiger partial charge in [0.1, 0.15) is 5.82 Å². The molecule has 5 heteroatoms. The van der Waals surface area contributed by atoms with Crippen molar-refractivity contribution < 1.29 is 9.50 Å². The second-order valence-electron chi connectivity index (χ2n) is 4.90. The van der Waals surface area contributed by atoms with Crippen LogP contribution in [-0.2, 0) is 6.42 Å². The molecule has 0 bridgehead atoms. The molecule has 2 heterocycles. The van der Waals surface area contributed by atoms with Crippen molar-refractivity contribution in [1.82, 2.24) is 9.36 Å². The summed E-state index contributed by atoms with van der Waals surface area (Å²) in [7, 11) is 0. The van der Waals surface area contributed by atoms with Crippen LogP contribution in [0.4, 0.5) is 4.39 Å². The molecule has 0 aliphatic carbocycles. The highest BCUT2D eigenvalue weighted by Gasteiger charge is 2.28. The van der Waals surface area contributed by atoms with Crippen LogP contribution in [0.3, 0.4) is 0 Å². The van der Waals surface area contributed by atoms with Crippen molar-refractivity contribution in [3.8, 4) is 5.69 Å². The zero-order chi connectivity index (χ0) is 13.9. The van der Waals surface area contributed by atoms with Crippen LogP contribution in [0.5, 0.6) is 0 Å². The maximum Gasteiger partial charge on any atom is 0.277 e. The van der Waals surface area contributed by atoms with Crippen LogP contribution in [0, 0.1) is 5.82 Å². The van der Waals surface area contributed by atoms with Gasteiger partial charge in [-0.05, 0) is 24.3 Å². The van der Waals surface area contributed by atoms with Gasteiger partial charge in [-0.3, -0.25) is 4.79 Å². The van der Waals surface area contributed by atoms with Crippen molar-refractivity contribution in [2.24, 2.45) is 0 Å². The van der Waals surface area contributed by atoms with Crippen LogP contribution in [-0.4, -0.2) is 14.5 Å². The normalized spacial score (nSPS) is 17.0. The standard InChI is InChI=1S/C15H11FN2O2/c16-11-5-3-7-13-10(11)8-14(19)18-15(20)9-4-1-2-6-12(9)17(13)18/h1-7,14,19H,8H2. The Morgan fingerprint density at radius 2 is 1.95 bits per heavy atom. The van der Waals surface area contributed by atoms with E-state index in [0.717, 1.165) is 0 Å².